The molecule has 1 aliphatic carbocycles. The first-order valence-corrected chi connectivity index (χ1v) is 12.6. The molecule has 0 unspecified atom stereocenters. The van der Waals surface area contributed by atoms with Crippen LogP contribution in [0.25, 0.3) is 0 Å². The number of rotatable bonds is 8. The molecule has 0 saturated carbocycles. The minimum atomic E-state index is -0.0336. The number of methoxy groups -OCH3 is 2. The second-order valence-corrected chi connectivity index (χ2v) is 9.86. The molecular formula is C25H35N3O4S. The number of thiophene rings is 1. The zero-order chi connectivity index (χ0) is 23.4. The summed E-state index contributed by atoms with van der Waals surface area (Å²) in [5.41, 5.74) is 3.79. The Bertz CT molecular complexity index is 969. The molecule has 2 aliphatic rings. The summed E-state index contributed by atoms with van der Waals surface area (Å²) < 4.78 is 11.1. The van der Waals surface area contributed by atoms with Gasteiger partial charge in [-0.15, -0.1) is 11.3 Å². The van der Waals surface area contributed by atoms with Gasteiger partial charge in [-0.3, -0.25) is 14.6 Å². The number of anilines is 1. The van der Waals surface area contributed by atoms with Crippen molar-refractivity contribution in [1.82, 2.24) is 9.80 Å². The van der Waals surface area contributed by atoms with Crippen molar-refractivity contribution < 1.29 is 19.4 Å². The molecule has 7 nitrogen and oxygen atoms in total. The third-order valence-corrected chi connectivity index (χ3v) is 7.91. The quantitative estimate of drug-likeness (QED) is 0.613. The maximum Gasteiger partial charge on any atom is 0.221 e. The number of nitrogens with zero attached hydrogens (tertiary/aromatic N) is 2. The highest BCUT2D eigenvalue weighted by Crippen LogP contribution is 2.46. The van der Waals surface area contributed by atoms with Gasteiger partial charge in [-0.25, -0.2) is 0 Å². The molecular weight excluding hydrogens is 438 g/mol. The van der Waals surface area contributed by atoms with Gasteiger partial charge in [0.1, 0.15) is 5.00 Å². The van der Waals surface area contributed by atoms with E-state index in [0.29, 0.717) is 18.0 Å². The van der Waals surface area contributed by atoms with E-state index < -0.39 is 0 Å². The molecule has 0 spiro atoms. The summed E-state index contributed by atoms with van der Waals surface area (Å²) in [4.78, 5) is 18.4. The number of aliphatic hydroxyl groups excluding tert-OH is 1. The van der Waals surface area contributed by atoms with E-state index >= 15 is 0 Å². The SMILES string of the molecule is COc1ccc([C@@H](c2c(NC(C)=O)sc3c2CCCC3)N2CCN(CCO)CC2)cc1OC. The zero-order valence-electron chi connectivity index (χ0n) is 19.9. The lowest BCUT2D eigenvalue weighted by molar-refractivity contribution is -0.114. The van der Waals surface area contributed by atoms with Gasteiger partial charge in [0.05, 0.1) is 26.9 Å². The molecule has 180 valence electrons. The van der Waals surface area contributed by atoms with Crippen molar-refractivity contribution in [2.45, 2.75) is 38.6 Å². The van der Waals surface area contributed by atoms with Crippen LogP contribution in [0, 0.1) is 0 Å². The Morgan fingerprint density at radius 3 is 2.52 bits per heavy atom. The fourth-order valence-corrected chi connectivity index (χ4v) is 6.47. The summed E-state index contributed by atoms with van der Waals surface area (Å²) in [6.45, 7) is 6.08. The number of piperazine rings is 1. The van der Waals surface area contributed by atoms with Gasteiger partial charge in [-0.1, -0.05) is 6.07 Å². The van der Waals surface area contributed by atoms with Gasteiger partial charge in [0.25, 0.3) is 0 Å². The molecule has 1 aromatic carbocycles. The maximum absolute atomic E-state index is 12.1. The Hall–Kier alpha value is -2.13. The first-order chi connectivity index (χ1) is 16.0. The Morgan fingerprint density at radius 1 is 1.12 bits per heavy atom. The summed E-state index contributed by atoms with van der Waals surface area (Å²) in [5.74, 6) is 1.39. The van der Waals surface area contributed by atoms with E-state index in [1.54, 1.807) is 32.5 Å². The number of ether oxygens (including phenoxy) is 2. The molecule has 1 atom stereocenters. The van der Waals surface area contributed by atoms with Crippen LogP contribution < -0.4 is 14.8 Å². The number of carbonyl (C=O) groups excluding carboxylic acids is 1. The lowest BCUT2D eigenvalue weighted by Gasteiger charge is -2.40. The monoisotopic (exact) mass is 473 g/mol. The number of nitrogens with one attached hydrogen (secondary N) is 1. The highest BCUT2D eigenvalue weighted by molar-refractivity contribution is 7.16. The van der Waals surface area contributed by atoms with Gasteiger partial charge in [0.2, 0.25) is 5.91 Å². The van der Waals surface area contributed by atoms with Gasteiger partial charge in [-0.2, -0.15) is 0 Å². The van der Waals surface area contributed by atoms with Crippen LogP contribution in [-0.4, -0.2) is 74.4 Å². The molecule has 0 radical (unpaired) electrons. The summed E-state index contributed by atoms with van der Waals surface area (Å²) in [5, 5.41) is 13.5. The van der Waals surface area contributed by atoms with Crippen molar-refractivity contribution in [3.05, 3.63) is 39.8 Å². The van der Waals surface area contributed by atoms with Crippen LogP contribution in [0.5, 0.6) is 11.5 Å². The molecule has 1 fully saturated rings. The first-order valence-electron chi connectivity index (χ1n) is 11.8. The number of benzene rings is 1. The Morgan fingerprint density at radius 2 is 1.85 bits per heavy atom. The average molecular weight is 474 g/mol. The van der Waals surface area contributed by atoms with Crippen LogP contribution in [0.2, 0.25) is 0 Å². The smallest absolute Gasteiger partial charge is 0.221 e. The third-order valence-electron chi connectivity index (χ3n) is 6.69. The van der Waals surface area contributed by atoms with Crippen LogP contribution in [0.15, 0.2) is 18.2 Å². The molecule has 2 heterocycles. The van der Waals surface area contributed by atoms with Gasteiger partial charge in [0, 0.05) is 50.1 Å². The third kappa shape index (κ3) is 5.19. The standard InChI is InChI=1S/C25H35N3O4S/c1-17(30)26-25-23(19-6-4-5-7-22(19)33-25)24(28-12-10-27(11-13-28)14-15-29)18-8-9-20(31-2)21(16-18)32-3/h8-9,16,24,29H,4-7,10-15H2,1-3H3,(H,26,30)/t24-/m0/s1. The molecule has 1 amide bonds. The minimum Gasteiger partial charge on any atom is -0.493 e. The van der Waals surface area contributed by atoms with Crippen LogP contribution in [0.3, 0.4) is 0 Å². The predicted octanol–water partition coefficient (Wildman–Crippen LogP) is 3.30. The van der Waals surface area contributed by atoms with Crippen LogP contribution in [0.1, 0.15) is 47.4 Å². The number of amides is 1. The molecule has 1 aromatic heterocycles. The number of aryl methyl sites for hydroxylation is 1. The summed E-state index contributed by atoms with van der Waals surface area (Å²) in [6, 6.07) is 6.19. The molecule has 1 saturated heterocycles. The lowest BCUT2D eigenvalue weighted by Crippen LogP contribution is -2.48. The summed E-state index contributed by atoms with van der Waals surface area (Å²) >= 11 is 1.75. The lowest BCUT2D eigenvalue weighted by atomic mass is 9.88. The van der Waals surface area contributed by atoms with Crippen LogP contribution >= 0.6 is 11.3 Å². The number of β-amino-alcohol motifs (C(OH)–C–C–N with tert-alkyl or cyclic N) is 1. The molecule has 0 bridgehead atoms. The van der Waals surface area contributed by atoms with Gasteiger partial charge in [-0.05, 0) is 48.9 Å². The first kappa shape index (κ1) is 24.0. The van der Waals surface area contributed by atoms with E-state index in [1.807, 2.05) is 6.07 Å². The average Bonchev–Trinajstić information content (AvgIpc) is 3.17. The minimum absolute atomic E-state index is 0.0148. The fraction of sp³-hybridized carbons (Fsp3) is 0.560. The fourth-order valence-electron chi connectivity index (χ4n) is 5.10. The highest BCUT2D eigenvalue weighted by Gasteiger charge is 2.34. The van der Waals surface area contributed by atoms with Gasteiger partial charge in [0.15, 0.2) is 11.5 Å². The molecule has 4 rings (SSSR count). The van der Waals surface area contributed by atoms with Crippen LogP contribution in [-0.2, 0) is 17.6 Å². The van der Waals surface area contributed by atoms with E-state index in [1.165, 1.54) is 28.8 Å². The van der Waals surface area contributed by atoms with E-state index in [0.717, 1.165) is 49.6 Å². The second-order valence-electron chi connectivity index (χ2n) is 8.75. The van der Waals surface area contributed by atoms with Crippen molar-refractivity contribution in [2.24, 2.45) is 0 Å². The summed E-state index contributed by atoms with van der Waals surface area (Å²) in [6.07, 6.45) is 4.51. The van der Waals surface area contributed by atoms with Crippen molar-refractivity contribution in [1.29, 1.82) is 0 Å². The van der Waals surface area contributed by atoms with E-state index in [2.05, 4.69) is 27.2 Å². The highest BCUT2D eigenvalue weighted by atomic mass is 32.1. The summed E-state index contributed by atoms with van der Waals surface area (Å²) in [7, 11) is 3.32. The van der Waals surface area contributed by atoms with Crippen molar-refractivity contribution in [2.75, 3.05) is 58.9 Å². The number of carbonyl (C=O) groups is 1. The van der Waals surface area contributed by atoms with E-state index in [9.17, 15) is 9.90 Å². The Labute approximate surface area is 200 Å². The predicted molar refractivity (Wildman–Crippen MR) is 132 cm³/mol. The number of hydrogen-bond donors (Lipinski definition) is 2. The van der Waals surface area contributed by atoms with Gasteiger partial charge >= 0.3 is 0 Å². The van der Waals surface area contributed by atoms with Crippen LogP contribution in [0.4, 0.5) is 5.00 Å². The molecule has 2 N–H and O–H groups in total. The molecule has 33 heavy (non-hydrogen) atoms. The number of fused-ring (bicyclic) bond motifs is 1. The largest absolute Gasteiger partial charge is 0.493 e. The molecule has 8 heteroatoms. The second kappa shape index (κ2) is 10.9. The van der Waals surface area contributed by atoms with Crippen molar-refractivity contribution in [3.8, 4) is 11.5 Å². The Kier molecular flexibility index (Phi) is 7.90. The molecule has 2 aromatic rings. The van der Waals surface area contributed by atoms with E-state index in [-0.39, 0.29) is 18.6 Å². The zero-order valence-corrected chi connectivity index (χ0v) is 20.7. The number of aliphatic hydroxyl groups is 1. The van der Waals surface area contributed by atoms with Crippen molar-refractivity contribution >= 4 is 22.2 Å². The Balaban J connectivity index is 1.80. The topological polar surface area (TPSA) is 74.3 Å². The normalized spacial score (nSPS) is 17.9. The maximum atomic E-state index is 12.1. The van der Waals surface area contributed by atoms with Crippen molar-refractivity contribution in [3.63, 3.8) is 0 Å². The number of hydrogen-bond acceptors (Lipinski definition) is 7. The molecule has 1 aliphatic heterocycles. The van der Waals surface area contributed by atoms with Gasteiger partial charge < -0.3 is 19.9 Å². The van der Waals surface area contributed by atoms with E-state index in [4.69, 9.17) is 9.47 Å².